The Hall–Kier alpha value is -2.79. The number of halogens is 1. The maximum Gasteiger partial charge on any atom is 0.228 e. The zero-order valence-electron chi connectivity index (χ0n) is 18.0. The van der Waals surface area contributed by atoms with Crippen molar-refractivity contribution in [3.8, 4) is 11.3 Å². The van der Waals surface area contributed by atoms with Crippen molar-refractivity contribution in [2.24, 2.45) is 7.05 Å². The molecule has 0 atom stereocenters. The van der Waals surface area contributed by atoms with Crippen LogP contribution in [0.4, 0.5) is 11.8 Å². The summed E-state index contributed by atoms with van der Waals surface area (Å²) in [7, 11) is 3.71. The van der Waals surface area contributed by atoms with E-state index in [2.05, 4.69) is 62.3 Å². The Labute approximate surface area is 200 Å². The van der Waals surface area contributed by atoms with Crippen LogP contribution in [-0.2, 0) is 37.6 Å². The summed E-state index contributed by atoms with van der Waals surface area (Å²) in [5, 5.41) is 12.6. The third kappa shape index (κ3) is 4.26. The first-order chi connectivity index (χ1) is 15.6. The number of rotatable bonds is 7. The number of aryl methyl sites for hydroxylation is 3. The first-order valence-corrected chi connectivity index (χ1v) is 11.6. The van der Waals surface area contributed by atoms with Gasteiger partial charge in [0, 0.05) is 48.2 Å². The highest BCUT2D eigenvalue weighted by molar-refractivity contribution is 14.1. The number of benzene rings is 1. The monoisotopic (exact) mass is 541 g/mol. The summed E-state index contributed by atoms with van der Waals surface area (Å²) in [6.45, 7) is 1.31. The number of hydrogen-bond donors (Lipinski definition) is 1. The predicted molar refractivity (Wildman–Crippen MR) is 131 cm³/mol. The van der Waals surface area contributed by atoms with Crippen LogP contribution < -0.4 is 5.32 Å². The van der Waals surface area contributed by atoms with Gasteiger partial charge in [0.05, 0.1) is 30.2 Å². The van der Waals surface area contributed by atoms with Crippen molar-refractivity contribution >= 4 is 34.4 Å². The van der Waals surface area contributed by atoms with E-state index >= 15 is 0 Å². The summed E-state index contributed by atoms with van der Waals surface area (Å²) in [6, 6.07) is 10.5. The van der Waals surface area contributed by atoms with Crippen LogP contribution in [-0.4, -0.2) is 43.2 Å². The van der Waals surface area contributed by atoms with Crippen LogP contribution >= 0.6 is 22.6 Å². The lowest BCUT2D eigenvalue weighted by atomic mass is 9.91. The molecule has 9 heteroatoms. The van der Waals surface area contributed by atoms with Crippen LogP contribution in [0.2, 0.25) is 0 Å². The molecular formula is C23H24IN7O. The molecule has 1 aliphatic rings. The minimum absolute atomic E-state index is 0.539. The molecule has 32 heavy (non-hydrogen) atoms. The second-order valence-electron chi connectivity index (χ2n) is 7.85. The number of anilines is 2. The summed E-state index contributed by atoms with van der Waals surface area (Å²) in [6.07, 6.45) is 6.46. The minimum atomic E-state index is 0.539. The zero-order chi connectivity index (χ0) is 22.1. The molecule has 164 valence electrons. The molecule has 5 rings (SSSR count). The summed E-state index contributed by atoms with van der Waals surface area (Å²) in [5.41, 5.74) is 6.82. The van der Waals surface area contributed by atoms with E-state index in [1.165, 1.54) is 14.8 Å². The van der Waals surface area contributed by atoms with Gasteiger partial charge in [-0.1, -0.05) is 12.1 Å². The second kappa shape index (κ2) is 8.99. The number of nitrogens with zero attached hydrogens (tertiary/aromatic N) is 6. The number of hydrogen-bond acceptors (Lipinski definition) is 6. The second-order valence-corrected chi connectivity index (χ2v) is 9.09. The van der Waals surface area contributed by atoms with Gasteiger partial charge in [0.15, 0.2) is 5.82 Å². The number of aromatic nitrogens is 6. The van der Waals surface area contributed by atoms with Gasteiger partial charge in [-0.2, -0.15) is 10.2 Å². The van der Waals surface area contributed by atoms with Crippen molar-refractivity contribution in [2.75, 3.05) is 19.0 Å². The highest BCUT2D eigenvalue weighted by Crippen LogP contribution is 2.36. The lowest BCUT2D eigenvalue weighted by Gasteiger charge is -2.16. The molecule has 0 unspecified atom stereocenters. The third-order valence-electron chi connectivity index (χ3n) is 5.64. The molecular weight excluding hydrogens is 517 g/mol. The van der Waals surface area contributed by atoms with Crippen molar-refractivity contribution in [1.82, 2.24) is 29.5 Å². The lowest BCUT2D eigenvalue weighted by molar-refractivity contribution is 0.183. The summed E-state index contributed by atoms with van der Waals surface area (Å²) < 4.78 is 10.2. The Morgan fingerprint density at radius 2 is 2.09 bits per heavy atom. The quantitative estimate of drug-likeness (QED) is 0.359. The van der Waals surface area contributed by atoms with Gasteiger partial charge >= 0.3 is 0 Å². The van der Waals surface area contributed by atoms with Crippen molar-refractivity contribution in [1.29, 1.82) is 0 Å². The molecule has 3 aromatic heterocycles. The van der Waals surface area contributed by atoms with E-state index in [0.717, 1.165) is 41.8 Å². The van der Waals surface area contributed by atoms with E-state index in [1.807, 2.05) is 34.9 Å². The van der Waals surface area contributed by atoms with Gasteiger partial charge in [-0.3, -0.25) is 9.36 Å². The molecule has 0 saturated carbocycles. The molecule has 0 fully saturated rings. The largest absolute Gasteiger partial charge is 0.383 e. The van der Waals surface area contributed by atoms with Crippen LogP contribution in [0.15, 0.2) is 42.7 Å². The number of methoxy groups -OCH3 is 1. The van der Waals surface area contributed by atoms with Crippen LogP contribution in [0, 0.1) is 3.57 Å². The fraction of sp³-hybridized carbons (Fsp3) is 0.304. The highest BCUT2D eigenvalue weighted by Gasteiger charge is 2.26. The minimum Gasteiger partial charge on any atom is -0.383 e. The fourth-order valence-corrected chi connectivity index (χ4v) is 4.69. The first-order valence-electron chi connectivity index (χ1n) is 10.6. The lowest BCUT2D eigenvalue weighted by Crippen LogP contribution is -2.10. The van der Waals surface area contributed by atoms with Gasteiger partial charge in [0.2, 0.25) is 5.95 Å². The molecule has 0 aliphatic heterocycles. The first kappa shape index (κ1) is 21.1. The summed E-state index contributed by atoms with van der Waals surface area (Å²) in [4.78, 5) is 9.44. The zero-order valence-corrected chi connectivity index (χ0v) is 20.2. The van der Waals surface area contributed by atoms with Gasteiger partial charge < -0.3 is 10.1 Å². The normalized spacial score (nSPS) is 12.5. The van der Waals surface area contributed by atoms with E-state index in [1.54, 1.807) is 7.11 Å². The molecule has 0 spiro atoms. The van der Waals surface area contributed by atoms with Gasteiger partial charge in [0.1, 0.15) is 0 Å². The summed E-state index contributed by atoms with van der Waals surface area (Å²) in [5.74, 6) is 1.25. The highest BCUT2D eigenvalue weighted by atomic mass is 127. The maximum absolute atomic E-state index is 5.12. The Kier molecular flexibility index (Phi) is 5.92. The molecule has 0 bridgehead atoms. The third-order valence-corrected chi connectivity index (χ3v) is 6.31. The van der Waals surface area contributed by atoms with E-state index in [9.17, 15) is 0 Å². The van der Waals surface area contributed by atoms with Crippen LogP contribution in [0.5, 0.6) is 0 Å². The Morgan fingerprint density at radius 1 is 1.19 bits per heavy atom. The molecule has 1 N–H and O–H groups in total. The maximum atomic E-state index is 5.12. The van der Waals surface area contributed by atoms with Crippen LogP contribution in [0.3, 0.4) is 0 Å². The number of nitrogens with one attached hydrogen (secondary N) is 1. The molecule has 0 radical (unpaired) electrons. The molecule has 0 saturated heterocycles. The fourth-order valence-electron chi connectivity index (χ4n) is 4.08. The van der Waals surface area contributed by atoms with E-state index < -0.39 is 0 Å². The van der Waals surface area contributed by atoms with Gasteiger partial charge in [-0.15, -0.1) is 0 Å². The van der Waals surface area contributed by atoms with Crippen molar-refractivity contribution in [3.05, 3.63) is 68.8 Å². The van der Waals surface area contributed by atoms with Gasteiger partial charge in [0.25, 0.3) is 0 Å². The van der Waals surface area contributed by atoms with E-state index in [-0.39, 0.29) is 0 Å². The van der Waals surface area contributed by atoms with Crippen molar-refractivity contribution in [2.45, 2.75) is 25.8 Å². The molecule has 1 aromatic carbocycles. The van der Waals surface area contributed by atoms with Crippen molar-refractivity contribution in [3.63, 3.8) is 0 Å². The summed E-state index contributed by atoms with van der Waals surface area (Å²) >= 11 is 2.36. The average Bonchev–Trinajstić information content (AvgIpc) is 3.36. The Bertz CT molecular complexity index is 1260. The molecule has 0 amide bonds. The average molecular weight is 541 g/mol. The van der Waals surface area contributed by atoms with E-state index in [0.29, 0.717) is 24.9 Å². The van der Waals surface area contributed by atoms with Gasteiger partial charge in [-0.05, 0) is 58.7 Å². The van der Waals surface area contributed by atoms with E-state index in [4.69, 9.17) is 14.8 Å². The predicted octanol–water partition coefficient (Wildman–Crippen LogP) is 3.76. The number of ether oxygens (including phenoxy) is 1. The molecule has 4 aromatic rings. The Morgan fingerprint density at radius 3 is 2.94 bits per heavy atom. The SMILES string of the molecule is COCCn1ccc(Nc2ncc3c(n2)-c2c(nn(C)c2Cc2cccc(I)c2)CC3)n1. The van der Waals surface area contributed by atoms with Crippen LogP contribution in [0.25, 0.3) is 11.3 Å². The number of fused-ring (bicyclic) bond motifs is 3. The Balaban J connectivity index is 1.47. The van der Waals surface area contributed by atoms with Crippen molar-refractivity contribution < 1.29 is 4.74 Å². The van der Waals surface area contributed by atoms with Gasteiger partial charge in [-0.25, -0.2) is 9.97 Å². The molecule has 3 heterocycles. The van der Waals surface area contributed by atoms with Crippen LogP contribution in [0.1, 0.15) is 22.5 Å². The molecule has 1 aliphatic carbocycles. The smallest absolute Gasteiger partial charge is 0.228 e. The molecule has 8 nitrogen and oxygen atoms in total. The standard InChI is InChI=1S/C23H24IN7O/c1-30-19(13-15-4-3-5-17(24)12-15)21-18(28-30)7-6-16-14-25-23(27-22(16)21)26-20-8-9-31(29-20)10-11-32-2/h3-5,8-9,12,14H,6-7,10-11,13H2,1-2H3,(H,25,26,27,29). The topological polar surface area (TPSA) is 82.7 Å².